The highest BCUT2D eigenvalue weighted by molar-refractivity contribution is 6.32. The van der Waals surface area contributed by atoms with E-state index >= 15 is 0 Å². The maximum atomic E-state index is 12.7. The van der Waals surface area contributed by atoms with Gasteiger partial charge in [0.05, 0.1) is 12.0 Å². The van der Waals surface area contributed by atoms with Gasteiger partial charge in [-0.25, -0.2) is 4.79 Å². The molecule has 1 aromatic carbocycles. The van der Waals surface area contributed by atoms with Crippen LogP contribution in [0.1, 0.15) is 35.7 Å². The Morgan fingerprint density at radius 2 is 2.09 bits per heavy atom. The van der Waals surface area contributed by atoms with Crippen LogP contribution in [0.2, 0.25) is 5.02 Å². The van der Waals surface area contributed by atoms with Crippen LogP contribution in [0, 0.1) is 0 Å². The Kier molecular flexibility index (Phi) is 4.17. The summed E-state index contributed by atoms with van der Waals surface area (Å²) in [6.45, 7) is 2.66. The van der Waals surface area contributed by atoms with E-state index in [2.05, 4.69) is 0 Å². The zero-order valence-electron chi connectivity index (χ0n) is 12.7. The number of ether oxygens (including phenoxy) is 2. The average molecular weight is 337 g/mol. The monoisotopic (exact) mass is 336 g/mol. The fraction of sp³-hybridized carbons (Fsp3) is 0.412. The van der Waals surface area contributed by atoms with Crippen LogP contribution in [0.5, 0.6) is 0 Å². The number of aliphatic hydroxyl groups is 1. The molecule has 1 aromatic rings. The minimum absolute atomic E-state index is 0.126. The van der Waals surface area contributed by atoms with Gasteiger partial charge >= 0.3 is 5.97 Å². The summed E-state index contributed by atoms with van der Waals surface area (Å²) in [5, 5.41) is 11.2. The number of Topliss-reactive ketones (excluding diaryl/α,β-unsaturated/α-hetero) is 1. The van der Waals surface area contributed by atoms with E-state index in [4.69, 9.17) is 21.1 Å². The summed E-state index contributed by atoms with van der Waals surface area (Å²) in [4.78, 5) is 24.9. The van der Waals surface area contributed by atoms with Crippen molar-refractivity contribution in [2.75, 3.05) is 19.8 Å². The first-order chi connectivity index (χ1) is 11.0. The number of allylic oxidation sites excluding steroid dienone is 1. The number of aliphatic hydroxyl groups excluding tert-OH is 1. The lowest BCUT2D eigenvalue weighted by Crippen LogP contribution is -2.42. The highest BCUT2D eigenvalue weighted by Crippen LogP contribution is 2.47. The van der Waals surface area contributed by atoms with Crippen molar-refractivity contribution >= 4 is 23.4 Å². The van der Waals surface area contributed by atoms with Gasteiger partial charge in [0.25, 0.3) is 0 Å². The second-order valence-electron chi connectivity index (χ2n) is 5.66. The molecule has 23 heavy (non-hydrogen) atoms. The molecule has 122 valence electrons. The summed E-state index contributed by atoms with van der Waals surface area (Å²) in [5.41, 5.74) is -0.0433. The fourth-order valence-electron chi connectivity index (χ4n) is 3.35. The summed E-state index contributed by atoms with van der Waals surface area (Å²) >= 11 is 6.02. The van der Waals surface area contributed by atoms with Crippen LogP contribution in [-0.2, 0) is 19.7 Å². The predicted octanol–water partition coefficient (Wildman–Crippen LogP) is 2.96. The summed E-state index contributed by atoms with van der Waals surface area (Å²) < 4.78 is 10.4. The molecule has 0 bridgehead atoms. The van der Waals surface area contributed by atoms with Gasteiger partial charge in [-0.15, -0.1) is 0 Å². The van der Waals surface area contributed by atoms with Gasteiger partial charge in [-0.1, -0.05) is 17.7 Å². The van der Waals surface area contributed by atoms with E-state index in [0.29, 0.717) is 42.2 Å². The minimum Gasteiger partial charge on any atom is -0.510 e. The van der Waals surface area contributed by atoms with E-state index in [1.165, 1.54) is 0 Å². The number of ketones is 1. The van der Waals surface area contributed by atoms with E-state index in [0.717, 1.165) is 0 Å². The van der Waals surface area contributed by atoms with Gasteiger partial charge in [0.2, 0.25) is 5.78 Å². The summed E-state index contributed by atoms with van der Waals surface area (Å²) in [6.07, 6.45) is 0.979. The predicted molar refractivity (Wildman–Crippen MR) is 83.8 cm³/mol. The molecule has 1 aliphatic carbocycles. The van der Waals surface area contributed by atoms with Gasteiger partial charge in [-0.2, -0.15) is 0 Å². The molecule has 3 rings (SSSR count). The molecular weight excluding hydrogens is 320 g/mol. The van der Waals surface area contributed by atoms with Crippen LogP contribution >= 0.6 is 11.6 Å². The first kappa shape index (κ1) is 16.0. The summed E-state index contributed by atoms with van der Waals surface area (Å²) in [6, 6.07) is 4.98. The molecule has 6 heteroatoms. The Hall–Kier alpha value is -1.85. The first-order valence-electron chi connectivity index (χ1n) is 7.54. The molecule has 1 heterocycles. The highest BCUT2D eigenvalue weighted by Gasteiger charge is 2.48. The topological polar surface area (TPSA) is 72.8 Å². The molecule has 0 amide bonds. The number of benzene rings is 1. The van der Waals surface area contributed by atoms with E-state index in [-0.39, 0.29) is 17.9 Å². The third kappa shape index (κ3) is 2.44. The van der Waals surface area contributed by atoms with Crippen LogP contribution in [0.3, 0.4) is 0 Å². The van der Waals surface area contributed by atoms with Gasteiger partial charge in [0.1, 0.15) is 11.3 Å². The van der Waals surface area contributed by atoms with Crippen LogP contribution < -0.4 is 0 Å². The van der Waals surface area contributed by atoms with Crippen molar-refractivity contribution in [3.63, 3.8) is 0 Å². The van der Waals surface area contributed by atoms with E-state index in [1.54, 1.807) is 25.1 Å². The minimum atomic E-state index is -0.800. The normalized spacial score (nSPS) is 19.7. The molecule has 1 fully saturated rings. The molecule has 1 N–H and O–H groups in total. The SMILES string of the molecule is CCOC(=O)C1=C(O)C2(CCOCC2)c2ccc(Cl)cc2C1=O. The van der Waals surface area contributed by atoms with Crippen molar-refractivity contribution < 1.29 is 24.2 Å². The Labute approximate surface area is 138 Å². The highest BCUT2D eigenvalue weighted by atomic mass is 35.5. The van der Waals surface area contributed by atoms with E-state index in [1.807, 2.05) is 0 Å². The molecule has 1 aliphatic heterocycles. The van der Waals surface area contributed by atoms with Crippen LogP contribution in [0.25, 0.3) is 0 Å². The average Bonchev–Trinajstić information content (AvgIpc) is 2.54. The molecule has 1 spiro atoms. The van der Waals surface area contributed by atoms with Crippen LogP contribution in [-0.4, -0.2) is 36.7 Å². The third-order valence-electron chi connectivity index (χ3n) is 4.48. The van der Waals surface area contributed by atoms with Crippen molar-refractivity contribution in [3.05, 3.63) is 45.7 Å². The molecule has 0 atom stereocenters. The lowest BCUT2D eigenvalue weighted by atomic mass is 9.65. The molecule has 1 saturated heterocycles. The molecule has 0 radical (unpaired) electrons. The number of halogens is 1. The van der Waals surface area contributed by atoms with Crippen molar-refractivity contribution in [3.8, 4) is 0 Å². The largest absolute Gasteiger partial charge is 0.510 e. The van der Waals surface area contributed by atoms with Crippen molar-refractivity contribution in [1.82, 2.24) is 0 Å². The molecule has 5 nitrogen and oxygen atoms in total. The maximum absolute atomic E-state index is 12.7. The summed E-state index contributed by atoms with van der Waals surface area (Å²) in [5.74, 6) is -1.55. The molecule has 0 saturated carbocycles. The maximum Gasteiger partial charge on any atom is 0.345 e. The van der Waals surface area contributed by atoms with Crippen LogP contribution in [0.4, 0.5) is 0 Å². The fourth-order valence-corrected chi connectivity index (χ4v) is 3.52. The Balaban J connectivity index is 2.23. The quantitative estimate of drug-likeness (QED) is 0.664. The number of rotatable bonds is 2. The Morgan fingerprint density at radius 3 is 2.74 bits per heavy atom. The molecule has 0 aromatic heterocycles. The number of esters is 1. The van der Waals surface area contributed by atoms with E-state index < -0.39 is 17.2 Å². The van der Waals surface area contributed by atoms with Gasteiger partial charge in [-0.3, -0.25) is 4.79 Å². The molecule has 0 unspecified atom stereocenters. The smallest absolute Gasteiger partial charge is 0.345 e. The standard InChI is InChI=1S/C17H17ClO5/c1-2-23-16(21)13-14(19)11-9-10(18)3-4-12(11)17(15(13)20)5-7-22-8-6-17/h3-4,9,20H,2,5-8H2,1H3. The van der Waals surface area contributed by atoms with Gasteiger partial charge < -0.3 is 14.6 Å². The zero-order valence-corrected chi connectivity index (χ0v) is 13.5. The second kappa shape index (κ2) is 5.98. The Morgan fingerprint density at radius 1 is 1.39 bits per heavy atom. The number of hydrogen-bond acceptors (Lipinski definition) is 5. The lowest BCUT2D eigenvalue weighted by Gasteiger charge is -2.41. The van der Waals surface area contributed by atoms with Gasteiger partial charge in [0, 0.05) is 23.8 Å². The van der Waals surface area contributed by atoms with Crippen molar-refractivity contribution in [2.24, 2.45) is 0 Å². The van der Waals surface area contributed by atoms with Crippen molar-refractivity contribution in [2.45, 2.75) is 25.2 Å². The number of fused-ring (bicyclic) bond motifs is 2. The lowest BCUT2D eigenvalue weighted by molar-refractivity contribution is -0.138. The number of hydrogen-bond donors (Lipinski definition) is 1. The van der Waals surface area contributed by atoms with Gasteiger partial charge in [0.15, 0.2) is 0 Å². The van der Waals surface area contributed by atoms with Gasteiger partial charge in [-0.05, 0) is 37.5 Å². The molecule has 2 aliphatic rings. The number of carbonyl (C=O) groups excluding carboxylic acids is 2. The first-order valence-corrected chi connectivity index (χ1v) is 7.92. The summed E-state index contributed by atoms with van der Waals surface area (Å²) in [7, 11) is 0. The van der Waals surface area contributed by atoms with Crippen molar-refractivity contribution in [1.29, 1.82) is 0 Å². The second-order valence-corrected chi connectivity index (χ2v) is 6.09. The van der Waals surface area contributed by atoms with E-state index in [9.17, 15) is 14.7 Å². The third-order valence-corrected chi connectivity index (χ3v) is 4.72. The number of carbonyl (C=O) groups is 2. The van der Waals surface area contributed by atoms with Crippen LogP contribution in [0.15, 0.2) is 29.5 Å². The zero-order chi connectivity index (χ0) is 16.6. The Bertz CT molecular complexity index is 701. The molecular formula is C17H17ClO5.